The standard InChI is InChI=1S/C19H11Cl2N3O/c20-12-6-7-14(16(21)10-12)18-11-15(19(25)24-9-3-8-22-24)13-4-1-2-5-17(13)23-18/h1-11H. The first-order valence-corrected chi connectivity index (χ1v) is 8.28. The molecule has 4 aromatic rings. The minimum atomic E-state index is -0.227. The first kappa shape index (κ1) is 15.8. The molecule has 0 N–H and O–H groups in total. The summed E-state index contributed by atoms with van der Waals surface area (Å²) in [6.07, 6.45) is 3.19. The minimum Gasteiger partial charge on any atom is -0.267 e. The van der Waals surface area contributed by atoms with Crippen molar-refractivity contribution in [2.75, 3.05) is 0 Å². The predicted molar refractivity (Wildman–Crippen MR) is 99.2 cm³/mol. The van der Waals surface area contributed by atoms with E-state index in [0.29, 0.717) is 32.4 Å². The maximum absolute atomic E-state index is 12.9. The Morgan fingerprint density at radius 1 is 1.00 bits per heavy atom. The number of nitrogens with zero attached hydrogens (tertiary/aromatic N) is 3. The largest absolute Gasteiger partial charge is 0.278 e. The summed E-state index contributed by atoms with van der Waals surface area (Å²) in [7, 11) is 0. The van der Waals surface area contributed by atoms with E-state index in [-0.39, 0.29) is 5.91 Å². The monoisotopic (exact) mass is 367 g/mol. The fourth-order valence-electron chi connectivity index (χ4n) is 2.70. The SMILES string of the molecule is O=C(c1cc(-c2ccc(Cl)cc2Cl)nc2ccccc12)n1cccn1. The second-order valence-electron chi connectivity index (χ2n) is 5.45. The molecule has 25 heavy (non-hydrogen) atoms. The summed E-state index contributed by atoms with van der Waals surface area (Å²) < 4.78 is 1.30. The molecule has 4 rings (SSSR count). The van der Waals surface area contributed by atoms with Gasteiger partial charge in [-0.1, -0.05) is 41.4 Å². The lowest BCUT2D eigenvalue weighted by molar-refractivity contribution is 0.0946. The Labute approximate surface area is 153 Å². The molecule has 122 valence electrons. The summed E-state index contributed by atoms with van der Waals surface area (Å²) in [5.41, 5.74) is 2.54. The van der Waals surface area contributed by atoms with Crippen LogP contribution in [0.4, 0.5) is 0 Å². The van der Waals surface area contributed by atoms with E-state index in [9.17, 15) is 4.79 Å². The zero-order chi connectivity index (χ0) is 17.4. The molecule has 0 amide bonds. The van der Waals surface area contributed by atoms with Gasteiger partial charge in [0.25, 0.3) is 5.91 Å². The van der Waals surface area contributed by atoms with Crippen LogP contribution in [0.3, 0.4) is 0 Å². The van der Waals surface area contributed by atoms with Crippen molar-refractivity contribution in [2.45, 2.75) is 0 Å². The van der Waals surface area contributed by atoms with Crippen molar-refractivity contribution in [3.05, 3.63) is 82.6 Å². The molecule has 0 fully saturated rings. The van der Waals surface area contributed by atoms with Crippen molar-refractivity contribution in [3.8, 4) is 11.3 Å². The molecule has 2 aromatic heterocycles. The highest BCUT2D eigenvalue weighted by Crippen LogP contribution is 2.32. The van der Waals surface area contributed by atoms with Crippen molar-refractivity contribution < 1.29 is 4.79 Å². The van der Waals surface area contributed by atoms with Gasteiger partial charge in [0.15, 0.2) is 0 Å². The number of aromatic nitrogens is 3. The quantitative estimate of drug-likeness (QED) is 0.495. The van der Waals surface area contributed by atoms with Crippen LogP contribution in [0, 0.1) is 0 Å². The van der Waals surface area contributed by atoms with Crippen molar-refractivity contribution in [1.82, 2.24) is 14.8 Å². The van der Waals surface area contributed by atoms with E-state index >= 15 is 0 Å². The minimum absolute atomic E-state index is 0.227. The molecule has 0 aliphatic carbocycles. The Hall–Kier alpha value is -2.69. The average Bonchev–Trinajstić information content (AvgIpc) is 3.15. The van der Waals surface area contributed by atoms with Crippen LogP contribution in [-0.2, 0) is 0 Å². The van der Waals surface area contributed by atoms with Crippen LogP contribution in [0.25, 0.3) is 22.2 Å². The van der Waals surface area contributed by atoms with Crippen molar-refractivity contribution in [1.29, 1.82) is 0 Å². The second kappa shape index (κ2) is 6.31. The third kappa shape index (κ3) is 2.90. The molecule has 0 atom stereocenters. The van der Waals surface area contributed by atoms with E-state index in [1.54, 1.807) is 42.7 Å². The van der Waals surface area contributed by atoms with Crippen molar-refractivity contribution in [2.24, 2.45) is 0 Å². The number of hydrogen-bond acceptors (Lipinski definition) is 3. The predicted octanol–water partition coefficient (Wildman–Crippen LogP) is 5.09. The third-order valence-corrected chi connectivity index (χ3v) is 4.41. The maximum Gasteiger partial charge on any atom is 0.278 e. The molecule has 0 aliphatic heterocycles. The van der Waals surface area contributed by atoms with Gasteiger partial charge in [0, 0.05) is 28.4 Å². The van der Waals surface area contributed by atoms with Gasteiger partial charge in [0.05, 0.1) is 21.8 Å². The van der Waals surface area contributed by atoms with E-state index < -0.39 is 0 Å². The van der Waals surface area contributed by atoms with Gasteiger partial charge in [0.1, 0.15) is 0 Å². The van der Waals surface area contributed by atoms with Crippen molar-refractivity contribution >= 4 is 40.0 Å². The zero-order valence-corrected chi connectivity index (χ0v) is 14.4. The summed E-state index contributed by atoms with van der Waals surface area (Å²) >= 11 is 12.3. The Morgan fingerprint density at radius 2 is 1.84 bits per heavy atom. The summed E-state index contributed by atoms with van der Waals surface area (Å²) in [4.78, 5) is 17.5. The van der Waals surface area contributed by atoms with E-state index in [1.165, 1.54) is 4.68 Å². The number of fused-ring (bicyclic) bond motifs is 1. The molecule has 0 saturated carbocycles. The van der Waals surface area contributed by atoms with E-state index in [1.807, 2.05) is 24.3 Å². The molecule has 0 radical (unpaired) electrons. The van der Waals surface area contributed by atoms with Crippen LogP contribution in [0.5, 0.6) is 0 Å². The first-order chi connectivity index (χ1) is 12.1. The van der Waals surface area contributed by atoms with Crippen LogP contribution in [0.1, 0.15) is 10.4 Å². The Bertz CT molecular complexity index is 1090. The topological polar surface area (TPSA) is 47.8 Å². The summed E-state index contributed by atoms with van der Waals surface area (Å²) in [6, 6.07) is 16.1. The number of halogens is 2. The summed E-state index contributed by atoms with van der Waals surface area (Å²) in [5, 5.41) is 5.82. The average molecular weight is 368 g/mol. The van der Waals surface area contributed by atoms with Gasteiger partial charge in [0.2, 0.25) is 0 Å². The number of pyridine rings is 1. The fraction of sp³-hybridized carbons (Fsp3) is 0. The van der Waals surface area contributed by atoms with Crippen LogP contribution >= 0.6 is 23.2 Å². The molecule has 0 spiro atoms. The van der Waals surface area contributed by atoms with Gasteiger partial charge in [-0.2, -0.15) is 5.10 Å². The van der Waals surface area contributed by atoms with Gasteiger partial charge < -0.3 is 0 Å². The fourth-order valence-corrected chi connectivity index (χ4v) is 3.21. The second-order valence-corrected chi connectivity index (χ2v) is 6.30. The zero-order valence-electron chi connectivity index (χ0n) is 12.9. The maximum atomic E-state index is 12.9. The van der Waals surface area contributed by atoms with Gasteiger partial charge in [-0.3, -0.25) is 4.79 Å². The molecular weight excluding hydrogens is 357 g/mol. The summed E-state index contributed by atoms with van der Waals surface area (Å²) in [5.74, 6) is -0.227. The molecule has 2 aromatic carbocycles. The number of para-hydroxylation sites is 1. The van der Waals surface area contributed by atoms with E-state index in [2.05, 4.69) is 10.1 Å². The highest BCUT2D eigenvalue weighted by molar-refractivity contribution is 6.36. The summed E-state index contributed by atoms with van der Waals surface area (Å²) in [6.45, 7) is 0. The van der Waals surface area contributed by atoms with Gasteiger partial charge in [-0.25, -0.2) is 9.67 Å². The lowest BCUT2D eigenvalue weighted by Crippen LogP contribution is -2.13. The number of carbonyl (C=O) groups is 1. The molecule has 4 nitrogen and oxygen atoms in total. The molecule has 0 saturated heterocycles. The molecule has 0 aliphatic rings. The van der Waals surface area contributed by atoms with Crippen molar-refractivity contribution in [3.63, 3.8) is 0 Å². The smallest absolute Gasteiger partial charge is 0.267 e. The highest BCUT2D eigenvalue weighted by Gasteiger charge is 2.16. The molecule has 2 heterocycles. The molecule has 0 unspecified atom stereocenters. The Morgan fingerprint density at radius 3 is 2.60 bits per heavy atom. The highest BCUT2D eigenvalue weighted by atomic mass is 35.5. The van der Waals surface area contributed by atoms with Gasteiger partial charge in [-0.05, 0) is 36.4 Å². The Balaban J connectivity index is 1.97. The molecule has 6 heteroatoms. The number of carbonyl (C=O) groups excluding carboxylic acids is 1. The normalized spacial score (nSPS) is 11.0. The van der Waals surface area contributed by atoms with E-state index in [0.717, 1.165) is 5.39 Å². The van der Waals surface area contributed by atoms with Crippen LogP contribution in [-0.4, -0.2) is 20.7 Å². The lowest BCUT2D eigenvalue weighted by atomic mass is 10.0. The van der Waals surface area contributed by atoms with Gasteiger partial charge >= 0.3 is 0 Å². The Kier molecular flexibility index (Phi) is 3.99. The van der Waals surface area contributed by atoms with Crippen LogP contribution in [0.15, 0.2) is 67.0 Å². The van der Waals surface area contributed by atoms with Gasteiger partial charge in [-0.15, -0.1) is 0 Å². The number of rotatable bonds is 2. The molecular formula is C19H11Cl2N3O. The number of hydrogen-bond donors (Lipinski definition) is 0. The lowest BCUT2D eigenvalue weighted by Gasteiger charge is -2.10. The van der Waals surface area contributed by atoms with E-state index in [4.69, 9.17) is 23.2 Å². The first-order valence-electron chi connectivity index (χ1n) is 7.53. The van der Waals surface area contributed by atoms with Crippen LogP contribution < -0.4 is 0 Å². The number of benzene rings is 2. The van der Waals surface area contributed by atoms with Crippen LogP contribution in [0.2, 0.25) is 10.0 Å². The molecule has 0 bridgehead atoms. The third-order valence-electron chi connectivity index (χ3n) is 3.87.